The molecule has 0 saturated heterocycles. The molecule has 0 saturated carbocycles. The van der Waals surface area contributed by atoms with E-state index in [0.29, 0.717) is 0 Å². The van der Waals surface area contributed by atoms with E-state index in [1.54, 1.807) is 7.11 Å². The second-order valence-corrected chi connectivity index (χ2v) is 4.94. The van der Waals surface area contributed by atoms with Crippen LogP contribution in [0.5, 0.6) is 0 Å². The maximum atomic E-state index is 6.08. The minimum Gasteiger partial charge on any atom is -0.385 e. The molecule has 2 heterocycles. The fourth-order valence-electron chi connectivity index (χ4n) is 2.33. The van der Waals surface area contributed by atoms with Gasteiger partial charge in [-0.1, -0.05) is 6.92 Å². The summed E-state index contributed by atoms with van der Waals surface area (Å²) < 4.78 is 7.32. The number of pyridine rings is 1. The highest BCUT2D eigenvalue weighted by Gasteiger charge is 2.11. The summed E-state index contributed by atoms with van der Waals surface area (Å²) in [7, 11) is 1.73. The lowest BCUT2D eigenvalue weighted by Crippen LogP contribution is -2.21. The Balaban J connectivity index is 2.26. The van der Waals surface area contributed by atoms with Crippen molar-refractivity contribution in [1.82, 2.24) is 9.55 Å². The molecule has 0 radical (unpaired) electrons. The summed E-state index contributed by atoms with van der Waals surface area (Å²) in [5.74, 6) is 0. The average Bonchev–Trinajstić information content (AvgIpc) is 2.78. The van der Waals surface area contributed by atoms with E-state index in [1.165, 1.54) is 10.9 Å². The predicted octanol–water partition coefficient (Wildman–Crippen LogP) is 2.35. The summed E-state index contributed by atoms with van der Waals surface area (Å²) in [5, 5.41) is 1.23. The molecule has 0 aliphatic carbocycles. The Hall–Kier alpha value is -1.39. The first-order valence-corrected chi connectivity index (χ1v) is 6.93. The fourth-order valence-corrected chi connectivity index (χ4v) is 2.33. The zero-order valence-electron chi connectivity index (χ0n) is 11.8. The Morgan fingerprint density at radius 2 is 2.32 bits per heavy atom. The van der Waals surface area contributed by atoms with Gasteiger partial charge in [-0.05, 0) is 37.0 Å². The molecule has 0 aliphatic rings. The van der Waals surface area contributed by atoms with Gasteiger partial charge in [0.25, 0.3) is 0 Å². The van der Waals surface area contributed by atoms with E-state index in [1.807, 2.05) is 12.3 Å². The Labute approximate surface area is 114 Å². The van der Waals surface area contributed by atoms with Crippen molar-refractivity contribution in [2.75, 3.05) is 13.7 Å². The van der Waals surface area contributed by atoms with Gasteiger partial charge in [0, 0.05) is 44.1 Å². The molecule has 0 spiro atoms. The molecule has 0 aromatic carbocycles. The minimum absolute atomic E-state index is 0.221. The van der Waals surface area contributed by atoms with Crippen LogP contribution in [0.1, 0.15) is 25.3 Å². The fraction of sp³-hybridized carbons (Fsp3) is 0.533. The Kier molecular flexibility index (Phi) is 4.93. The third-order valence-electron chi connectivity index (χ3n) is 3.47. The number of fused-ring (bicyclic) bond motifs is 1. The second-order valence-electron chi connectivity index (χ2n) is 4.94. The van der Waals surface area contributed by atoms with Crippen molar-refractivity contribution in [2.45, 2.75) is 38.8 Å². The molecule has 4 nitrogen and oxygen atoms in total. The largest absolute Gasteiger partial charge is 0.385 e. The number of ether oxygens (including phenoxy) is 1. The summed E-state index contributed by atoms with van der Waals surface area (Å²) in [6.07, 6.45) is 6.95. The number of nitrogens with two attached hydrogens (primary N) is 1. The molecular weight excluding hydrogens is 238 g/mol. The van der Waals surface area contributed by atoms with Crippen molar-refractivity contribution in [3.05, 3.63) is 30.1 Å². The van der Waals surface area contributed by atoms with Gasteiger partial charge in [0.15, 0.2) is 0 Å². The molecule has 0 fully saturated rings. The van der Waals surface area contributed by atoms with Crippen molar-refractivity contribution in [2.24, 2.45) is 5.73 Å². The van der Waals surface area contributed by atoms with Crippen molar-refractivity contribution < 1.29 is 4.74 Å². The van der Waals surface area contributed by atoms with Crippen molar-refractivity contribution in [1.29, 1.82) is 0 Å². The van der Waals surface area contributed by atoms with E-state index in [2.05, 4.69) is 28.7 Å². The van der Waals surface area contributed by atoms with Gasteiger partial charge in [-0.2, -0.15) is 0 Å². The van der Waals surface area contributed by atoms with E-state index in [-0.39, 0.29) is 6.04 Å². The first-order valence-electron chi connectivity index (χ1n) is 6.93. The van der Waals surface area contributed by atoms with Gasteiger partial charge in [-0.15, -0.1) is 0 Å². The predicted molar refractivity (Wildman–Crippen MR) is 78.2 cm³/mol. The summed E-state index contributed by atoms with van der Waals surface area (Å²) in [5.41, 5.74) is 8.43. The number of aromatic nitrogens is 2. The molecule has 1 atom stereocenters. The van der Waals surface area contributed by atoms with E-state index in [9.17, 15) is 0 Å². The summed E-state index contributed by atoms with van der Waals surface area (Å²) in [6.45, 7) is 3.83. The van der Waals surface area contributed by atoms with Gasteiger partial charge in [-0.3, -0.25) is 0 Å². The lowest BCUT2D eigenvalue weighted by atomic mass is 10.1. The Morgan fingerprint density at radius 3 is 3.05 bits per heavy atom. The highest BCUT2D eigenvalue weighted by molar-refractivity contribution is 5.80. The number of nitrogens with zero attached hydrogens (tertiary/aromatic N) is 2. The standard InChI is InChI=1S/C15H23N3O/c1-3-13(16)10-12-11-18(8-5-9-19-2)15-14(12)6-4-7-17-15/h4,6-7,11,13H,3,5,8-10,16H2,1-2H3. The molecule has 0 amide bonds. The zero-order valence-corrected chi connectivity index (χ0v) is 11.8. The van der Waals surface area contributed by atoms with Crippen LogP contribution in [0, 0.1) is 0 Å². The first kappa shape index (κ1) is 14.0. The quantitative estimate of drug-likeness (QED) is 0.778. The van der Waals surface area contributed by atoms with Crippen LogP contribution in [-0.2, 0) is 17.7 Å². The summed E-state index contributed by atoms with van der Waals surface area (Å²) >= 11 is 0. The molecule has 2 rings (SSSR count). The van der Waals surface area contributed by atoms with Crippen molar-refractivity contribution in [3.63, 3.8) is 0 Å². The topological polar surface area (TPSA) is 53.1 Å². The normalized spacial score (nSPS) is 13.0. The Bertz CT molecular complexity index is 521. The minimum atomic E-state index is 0.221. The molecule has 0 bridgehead atoms. The maximum Gasteiger partial charge on any atom is 0.140 e. The number of hydrogen-bond acceptors (Lipinski definition) is 3. The number of methoxy groups -OCH3 is 1. The maximum absolute atomic E-state index is 6.08. The molecule has 0 aliphatic heterocycles. The van der Waals surface area contributed by atoms with Gasteiger partial charge in [0.2, 0.25) is 0 Å². The van der Waals surface area contributed by atoms with E-state index in [0.717, 1.165) is 38.1 Å². The van der Waals surface area contributed by atoms with Crippen LogP contribution in [0.3, 0.4) is 0 Å². The average molecular weight is 261 g/mol. The van der Waals surface area contributed by atoms with Gasteiger partial charge >= 0.3 is 0 Å². The molecule has 104 valence electrons. The van der Waals surface area contributed by atoms with Crippen LogP contribution in [0.25, 0.3) is 11.0 Å². The molecule has 19 heavy (non-hydrogen) atoms. The van der Waals surface area contributed by atoms with Gasteiger partial charge < -0.3 is 15.0 Å². The lowest BCUT2D eigenvalue weighted by Gasteiger charge is -2.06. The van der Waals surface area contributed by atoms with E-state index in [4.69, 9.17) is 10.5 Å². The molecule has 2 aromatic rings. The van der Waals surface area contributed by atoms with Gasteiger partial charge in [-0.25, -0.2) is 4.98 Å². The SMILES string of the molecule is CCC(N)Cc1cn(CCCOC)c2ncccc12. The molecular formula is C15H23N3O. The summed E-state index contributed by atoms with van der Waals surface area (Å²) in [6, 6.07) is 4.34. The van der Waals surface area contributed by atoms with Crippen LogP contribution in [0.15, 0.2) is 24.5 Å². The van der Waals surface area contributed by atoms with Crippen LogP contribution in [-0.4, -0.2) is 29.3 Å². The van der Waals surface area contributed by atoms with E-state index < -0.39 is 0 Å². The smallest absolute Gasteiger partial charge is 0.140 e. The van der Waals surface area contributed by atoms with Gasteiger partial charge in [0.05, 0.1) is 0 Å². The first-order chi connectivity index (χ1) is 9.26. The van der Waals surface area contributed by atoms with Crippen molar-refractivity contribution >= 4 is 11.0 Å². The molecule has 1 unspecified atom stereocenters. The van der Waals surface area contributed by atoms with Gasteiger partial charge in [0.1, 0.15) is 5.65 Å². The lowest BCUT2D eigenvalue weighted by molar-refractivity contribution is 0.190. The number of hydrogen-bond donors (Lipinski definition) is 1. The monoisotopic (exact) mass is 261 g/mol. The van der Waals surface area contributed by atoms with E-state index >= 15 is 0 Å². The second kappa shape index (κ2) is 6.68. The molecule has 4 heteroatoms. The summed E-state index contributed by atoms with van der Waals surface area (Å²) in [4.78, 5) is 4.50. The van der Waals surface area contributed by atoms with Crippen LogP contribution >= 0.6 is 0 Å². The van der Waals surface area contributed by atoms with Crippen LogP contribution in [0.2, 0.25) is 0 Å². The highest BCUT2D eigenvalue weighted by atomic mass is 16.5. The third kappa shape index (κ3) is 3.33. The Morgan fingerprint density at radius 1 is 1.47 bits per heavy atom. The number of rotatable bonds is 7. The highest BCUT2D eigenvalue weighted by Crippen LogP contribution is 2.21. The molecule has 2 aromatic heterocycles. The zero-order chi connectivity index (χ0) is 13.7. The van der Waals surface area contributed by atoms with Crippen molar-refractivity contribution in [3.8, 4) is 0 Å². The third-order valence-corrected chi connectivity index (χ3v) is 3.47. The number of aryl methyl sites for hydroxylation is 1. The van der Waals surface area contributed by atoms with Crippen LogP contribution in [0.4, 0.5) is 0 Å². The van der Waals surface area contributed by atoms with Crippen LogP contribution < -0.4 is 5.73 Å². The molecule has 2 N–H and O–H groups in total.